The van der Waals surface area contributed by atoms with Crippen LogP contribution in [0.3, 0.4) is 0 Å². The van der Waals surface area contributed by atoms with E-state index in [2.05, 4.69) is 106 Å². The van der Waals surface area contributed by atoms with Gasteiger partial charge in [-0.05, 0) is 96.3 Å². The number of hydrogen-bond acceptors (Lipinski definition) is 6. The molecule has 6 heteroatoms. The lowest BCUT2D eigenvalue weighted by atomic mass is 10.0. The van der Waals surface area contributed by atoms with Gasteiger partial charge in [0.2, 0.25) is 0 Å². The zero-order chi connectivity index (χ0) is 58.5. The van der Waals surface area contributed by atoms with Gasteiger partial charge in [-0.1, -0.05) is 324 Å². The molecular weight excluding hydrogens is 997 g/mol. The number of esters is 3. The largest absolute Gasteiger partial charge is 0.462 e. The van der Waals surface area contributed by atoms with E-state index in [-0.39, 0.29) is 31.1 Å². The zero-order valence-electron chi connectivity index (χ0n) is 53.8. The first-order valence-electron chi connectivity index (χ1n) is 35.1. The molecule has 0 amide bonds. The van der Waals surface area contributed by atoms with Crippen molar-refractivity contribution < 1.29 is 28.6 Å². The Kier molecular flexibility index (Phi) is 66.2. The second kappa shape index (κ2) is 69.1. The highest BCUT2D eigenvalue weighted by molar-refractivity contribution is 5.71. The Balaban J connectivity index is 4.17. The molecule has 0 aromatic heterocycles. The molecule has 0 heterocycles. The maximum Gasteiger partial charge on any atom is 0.306 e. The third-order valence-corrected chi connectivity index (χ3v) is 15.4. The normalized spacial score (nSPS) is 12.6. The Morgan fingerprint density at radius 2 is 0.481 bits per heavy atom. The first kappa shape index (κ1) is 77.6. The molecule has 0 bridgehead atoms. The molecule has 6 nitrogen and oxygen atoms in total. The summed E-state index contributed by atoms with van der Waals surface area (Å²) in [6.45, 7) is 6.54. The van der Waals surface area contributed by atoms with Crippen LogP contribution in [0.5, 0.6) is 0 Å². The molecular formula is C75H132O6. The van der Waals surface area contributed by atoms with Crippen molar-refractivity contribution in [3.8, 4) is 0 Å². The predicted octanol–water partition coefficient (Wildman–Crippen LogP) is 24.2. The van der Waals surface area contributed by atoms with Crippen molar-refractivity contribution in [2.75, 3.05) is 13.2 Å². The molecule has 0 aromatic rings. The van der Waals surface area contributed by atoms with Gasteiger partial charge < -0.3 is 14.2 Å². The van der Waals surface area contributed by atoms with Crippen molar-refractivity contribution in [3.63, 3.8) is 0 Å². The minimum Gasteiger partial charge on any atom is -0.462 e. The summed E-state index contributed by atoms with van der Waals surface area (Å²) in [7, 11) is 0. The highest BCUT2D eigenvalue weighted by Crippen LogP contribution is 2.18. The monoisotopic (exact) mass is 1130 g/mol. The van der Waals surface area contributed by atoms with Crippen molar-refractivity contribution in [2.45, 2.75) is 361 Å². The Bertz CT molecular complexity index is 1530. The third kappa shape index (κ3) is 67.3. The molecule has 0 spiro atoms. The topological polar surface area (TPSA) is 78.9 Å². The highest BCUT2D eigenvalue weighted by Gasteiger charge is 2.19. The van der Waals surface area contributed by atoms with Crippen LogP contribution in [0.2, 0.25) is 0 Å². The van der Waals surface area contributed by atoms with E-state index in [0.29, 0.717) is 19.3 Å². The molecule has 0 saturated carbocycles. The lowest BCUT2D eigenvalue weighted by Gasteiger charge is -2.18. The number of unbranched alkanes of at least 4 members (excludes halogenated alkanes) is 39. The van der Waals surface area contributed by atoms with Crippen molar-refractivity contribution in [3.05, 3.63) is 85.1 Å². The number of carbonyl (C=O) groups excluding carboxylic acids is 3. The van der Waals surface area contributed by atoms with E-state index >= 15 is 0 Å². The molecule has 0 fully saturated rings. The van der Waals surface area contributed by atoms with Crippen LogP contribution in [0.4, 0.5) is 0 Å². The van der Waals surface area contributed by atoms with E-state index in [4.69, 9.17) is 14.2 Å². The number of hydrogen-bond donors (Lipinski definition) is 0. The molecule has 0 aliphatic carbocycles. The fourth-order valence-electron chi connectivity index (χ4n) is 10.2. The van der Waals surface area contributed by atoms with Gasteiger partial charge in [-0.3, -0.25) is 14.4 Å². The molecule has 468 valence electrons. The standard InChI is InChI=1S/C75H132O6/c1-4-7-10-13-16-19-22-25-28-29-30-31-32-33-34-35-36-37-38-39-40-41-42-43-44-45-48-50-53-56-59-62-65-68-74(77)80-71-72(81-75(78)69-66-63-60-57-54-51-47-27-24-21-18-15-12-9-6-3)70-79-73(76)67-64-61-58-55-52-49-46-26-23-20-17-14-11-8-5-2/h7,10,16,18-19,21,25,27-28,30-31,33-34,47,72H,4-6,8-9,11-15,17,20,22-24,26,29,32,35-46,48-71H2,1-3H3/b10-7-,19-16-,21-18-,28-25-,31-30-,34-33-,47-27-. The van der Waals surface area contributed by atoms with Crippen LogP contribution in [-0.2, 0) is 28.6 Å². The average molecular weight is 1130 g/mol. The molecule has 81 heavy (non-hydrogen) atoms. The fourth-order valence-corrected chi connectivity index (χ4v) is 10.2. The minimum absolute atomic E-state index is 0.0763. The Labute approximate surface area is 503 Å². The van der Waals surface area contributed by atoms with E-state index in [1.807, 2.05) is 0 Å². The summed E-state index contributed by atoms with van der Waals surface area (Å²) < 4.78 is 17.0. The van der Waals surface area contributed by atoms with Gasteiger partial charge in [0.15, 0.2) is 6.10 Å². The van der Waals surface area contributed by atoms with Crippen LogP contribution in [0.15, 0.2) is 85.1 Å². The average Bonchev–Trinajstić information content (AvgIpc) is 3.47. The molecule has 1 unspecified atom stereocenters. The summed E-state index contributed by atoms with van der Waals surface area (Å²) in [4.78, 5) is 38.4. The van der Waals surface area contributed by atoms with Crippen LogP contribution >= 0.6 is 0 Å². The molecule has 0 aromatic carbocycles. The number of allylic oxidation sites excluding steroid dienone is 14. The fraction of sp³-hybridized carbons (Fsp3) is 0.773. The van der Waals surface area contributed by atoms with Crippen LogP contribution in [-0.4, -0.2) is 37.2 Å². The summed E-state index contributed by atoms with van der Waals surface area (Å²) in [5.41, 5.74) is 0. The quantitative estimate of drug-likeness (QED) is 0.0261. The number of ether oxygens (including phenoxy) is 3. The van der Waals surface area contributed by atoms with Crippen molar-refractivity contribution in [2.24, 2.45) is 0 Å². The van der Waals surface area contributed by atoms with Crippen molar-refractivity contribution in [1.82, 2.24) is 0 Å². The Hall–Kier alpha value is -3.41. The van der Waals surface area contributed by atoms with E-state index in [9.17, 15) is 14.4 Å². The molecule has 0 aliphatic rings. The maximum atomic E-state index is 12.9. The first-order valence-corrected chi connectivity index (χ1v) is 35.1. The van der Waals surface area contributed by atoms with Crippen LogP contribution in [0, 0.1) is 0 Å². The second-order valence-electron chi connectivity index (χ2n) is 23.4. The van der Waals surface area contributed by atoms with E-state index < -0.39 is 6.10 Å². The summed E-state index contributed by atoms with van der Waals surface area (Å²) in [6.07, 6.45) is 91.8. The smallest absolute Gasteiger partial charge is 0.306 e. The second-order valence-corrected chi connectivity index (χ2v) is 23.4. The van der Waals surface area contributed by atoms with Crippen molar-refractivity contribution in [1.29, 1.82) is 0 Å². The van der Waals surface area contributed by atoms with Crippen LogP contribution in [0.25, 0.3) is 0 Å². The summed E-state index contributed by atoms with van der Waals surface area (Å²) in [5.74, 6) is -0.870. The Morgan fingerprint density at radius 3 is 0.778 bits per heavy atom. The van der Waals surface area contributed by atoms with Gasteiger partial charge in [-0.15, -0.1) is 0 Å². The van der Waals surface area contributed by atoms with E-state index in [1.165, 1.54) is 199 Å². The molecule has 0 rings (SSSR count). The first-order chi connectivity index (χ1) is 40.0. The van der Waals surface area contributed by atoms with Gasteiger partial charge >= 0.3 is 17.9 Å². The molecule has 0 radical (unpaired) electrons. The van der Waals surface area contributed by atoms with Crippen molar-refractivity contribution >= 4 is 17.9 Å². The number of carbonyl (C=O) groups is 3. The SMILES string of the molecule is CC/C=C\C/C=C\C/C=C\C/C=C\C/C=C\CCCCCCCCCCCCCCCCCCCC(=O)OCC(COC(=O)CCCCCCCCCCCCCCCCC)OC(=O)CCCCCCC/C=C\C/C=C\CCCCC. The van der Waals surface area contributed by atoms with Gasteiger partial charge in [-0.25, -0.2) is 0 Å². The lowest BCUT2D eigenvalue weighted by molar-refractivity contribution is -0.167. The Morgan fingerprint density at radius 1 is 0.259 bits per heavy atom. The summed E-state index contributed by atoms with van der Waals surface area (Å²) in [6, 6.07) is 0. The van der Waals surface area contributed by atoms with E-state index in [1.54, 1.807) is 0 Å². The highest BCUT2D eigenvalue weighted by atomic mass is 16.6. The maximum absolute atomic E-state index is 12.9. The summed E-state index contributed by atoms with van der Waals surface area (Å²) in [5, 5.41) is 0. The van der Waals surface area contributed by atoms with Gasteiger partial charge in [0.25, 0.3) is 0 Å². The molecule has 1 atom stereocenters. The summed E-state index contributed by atoms with van der Waals surface area (Å²) >= 11 is 0. The van der Waals surface area contributed by atoms with Crippen LogP contribution < -0.4 is 0 Å². The molecule has 0 aliphatic heterocycles. The van der Waals surface area contributed by atoms with Gasteiger partial charge in [-0.2, -0.15) is 0 Å². The predicted molar refractivity (Wildman–Crippen MR) is 353 cm³/mol. The third-order valence-electron chi connectivity index (χ3n) is 15.4. The van der Waals surface area contributed by atoms with Crippen LogP contribution in [0.1, 0.15) is 355 Å². The molecule has 0 saturated heterocycles. The molecule has 0 N–H and O–H groups in total. The van der Waals surface area contributed by atoms with Gasteiger partial charge in [0, 0.05) is 19.3 Å². The lowest BCUT2D eigenvalue weighted by Crippen LogP contribution is -2.30. The minimum atomic E-state index is -0.781. The van der Waals surface area contributed by atoms with Gasteiger partial charge in [0.05, 0.1) is 0 Å². The number of rotatable bonds is 64. The van der Waals surface area contributed by atoms with E-state index in [0.717, 1.165) is 116 Å². The van der Waals surface area contributed by atoms with Gasteiger partial charge in [0.1, 0.15) is 13.2 Å². The zero-order valence-corrected chi connectivity index (χ0v) is 53.8.